The minimum atomic E-state index is -0.183. The van der Waals surface area contributed by atoms with Crippen molar-refractivity contribution in [1.82, 2.24) is 0 Å². The van der Waals surface area contributed by atoms with Crippen LogP contribution in [0.15, 0.2) is 28.9 Å². The molecule has 0 unspecified atom stereocenters. The maximum absolute atomic E-state index is 13.3. The summed E-state index contributed by atoms with van der Waals surface area (Å²) >= 11 is 3.40. The summed E-state index contributed by atoms with van der Waals surface area (Å²) in [6.45, 7) is 5.33. The summed E-state index contributed by atoms with van der Waals surface area (Å²) in [4.78, 5) is 0. The molecule has 0 aliphatic heterocycles. The molecule has 0 aromatic heterocycles. The van der Waals surface area contributed by atoms with Gasteiger partial charge in [-0.2, -0.15) is 0 Å². The van der Waals surface area contributed by atoms with Crippen LogP contribution in [0.5, 0.6) is 0 Å². The highest BCUT2D eigenvalue weighted by molar-refractivity contribution is 9.10. The first kappa shape index (κ1) is 12.6. The standard InChI is InChI=1S/C14H16BrFO/c1-9-5-11(12(15)6-13(9)16)8-14(3-4-14)7-10(2)17/h5-6,17H,2-4,7-8H2,1H3. The van der Waals surface area contributed by atoms with E-state index in [9.17, 15) is 9.50 Å². The Morgan fingerprint density at radius 1 is 1.53 bits per heavy atom. The van der Waals surface area contributed by atoms with Gasteiger partial charge >= 0.3 is 0 Å². The van der Waals surface area contributed by atoms with E-state index < -0.39 is 0 Å². The van der Waals surface area contributed by atoms with Crippen LogP contribution in [-0.4, -0.2) is 5.11 Å². The van der Waals surface area contributed by atoms with Gasteiger partial charge in [0.05, 0.1) is 5.76 Å². The molecule has 1 nitrogen and oxygen atoms in total. The van der Waals surface area contributed by atoms with Crippen molar-refractivity contribution in [3.05, 3.63) is 45.9 Å². The molecule has 1 aliphatic rings. The topological polar surface area (TPSA) is 20.2 Å². The Morgan fingerprint density at radius 3 is 2.71 bits per heavy atom. The number of hydrogen-bond donors (Lipinski definition) is 1. The predicted octanol–water partition coefficient (Wildman–Crippen LogP) is 4.68. The van der Waals surface area contributed by atoms with E-state index >= 15 is 0 Å². The highest BCUT2D eigenvalue weighted by Crippen LogP contribution is 2.53. The van der Waals surface area contributed by atoms with Gasteiger partial charge in [0, 0.05) is 10.9 Å². The van der Waals surface area contributed by atoms with Crippen LogP contribution < -0.4 is 0 Å². The lowest BCUT2D eigenvalue weighted by Crippen LogP contribution is -2.07. The van der Waals surface area contributed by atoms with Crippen LogP contribution in [0.1, 0.15) is 30.4 Å². The minimum Gasteiger partial charge on any atom is -0.513 e. The van der Waals surface area contributed by atoms with Gasteiger partial charge in [-0.05, 0) is 48.8 Å². The molecule has 1 N–H and O–H groups in total. The van der Waals surface area contributed by atoms with Gasteiger partial charge in [0.2, 0.25) is 0 Å². The number of aryl methyl sites for hydroxylation is 1. The van der Waals surface area contributed by atoms with Gasteiger partial charge in [0.25, 0.3) is 0 Å². The molecule has 1 saturated carbocycles. The quantitative estimate of drug-likeness (QED) is 0.800. The SMILES string of the molecule is C=C(O)CC1(Cc2cc(C)c(F)cc2Br)CC1. The number of benzene rings is 1. The lowest BCUT2D eigenvalue weighted by molar-refractivity contribution is 0.340. The summed E-state index contributed by atoms with van der Waals surface area (Å²) in [5.41, 5.74) is 1.93. The number of aliphatic hydroxyl groups is 1. The van der Waals surface area contributed by atoms with Crippen molar-refractivity contribution in [3.63, 3.8) is 0 Å². The molecular formula is C14H16BrFO. The summed E-state index contributed by atoms with van der Waals surface area (Å²) in [6.07, 6.45) is 3.73. The predicted molar refractivity (Wildman–Crippen MR) is 70.6 cm³/mol. The summed E-state index contributed by atoms with van der Waals surface area (Å²) in [6, 6.07) is 3.41. The molecule has 0 amide bonds. The van der Waals surface area contributed by atoms with Crippen molar-refractivity contribution in [2.75, 3.05) is 0 Å². The molecule has 0 atom stereocenters. The summed E-state index contributed by atoms with van der Waals surface area (Å²) < 4.78 is 14.1. The zero-order valence-electron chi connectivity index (χ0n) is 9.89. The largest absolute Gasteiger partial charge is 0.513 e. The first-order chi connectivity index (χ1) is 7.92. The van der Waals surface area contributed by atoms with E-state index in [0.29, 0.717) is 12.0 Å². The van der Waals surface area contributed by atoms with Gasteiger partial charge in [-0.25, -0.2) is 4.39 Å². The Morgan fingerprint density at radius 2 is 2.18 bits per heavy atom. The molecule has 2 rings (SSSR count). The van der Waals surface area contributed by atoms with E-state index in [-0.39, 0.29) is 17.0 Å². The Bertz CT molecular complexity index is 464. The third-order valence-electron chi connectivity index (χ3n) is 3.43. The summed E-state index contributed by atoms with van der Waals surface area (Å²) in [7, 11) is 0. The van der Waals surface area contributed by atoms with Crippen molar-refractivity contribution in [1.29, 1.82) is 0 Å². The third-order valence-corrected chi connectivity index (χ3v) is 4.17. The fraction of sp³-hybridized carbons (Fsp3) is 0.429. The molecule has 0 spiro atoms. The molecule has 0 radical (unpaired) electrons. The number of aliphatic hydroxyl groups excluding tert-OH is 1. The van der Waals surface area contributed by atoms with E-state index in [4.69, 9.17) is 0 Å². The molecule has 0 heterocycles. The van der Waals surface area contributed by atoms with Crippen LogP contribution in [0, 0.1) is 18.2 Å². The minimum absolute atomic E-state index is 0.151. The molecule has 17 heavy (non-hydrogen) atoms. The van der Waals surface area contributed by atoms with E-state index in [2.05, 4.69) is 22.5 Å². The van der Waals surface area contributed by atoms with Crippen molar-refractivity contribution < 1.29 is 9.50 Å². The third kappa shape index (κ3) is 2.89. The Kier molecular flexibility index (Phi) is 3.30. The first-order valence-electron chi connectivity index (χ1n) is 5.73. The van der Waals surface area contributed by atoms with Gasteiger partial charge in [-0.15, -0.1) is 0 Å². The summed E-state index contributed by atoms with van der Waals surface area (Å²) in [5, 5.41) is 9.31. The molecular weight excluding hydrogens is 283 g/mol. The van der Waals surface area contributed by atoms with Gasteiger partial charge in [0.1, 0.15) is 5.82 Å². The van der Waals surface area contributed by atoms with Crippen LogP contribution in [0.4, 0.5) is 4.39 Å². The molecule has 1 aromatic rings. The average Bonchev–Trinajstić information content (AvgIpc) is 2.93. The van der Waals surface area contributed by atoms with Crippen molar-refractivity contribution >= 4 is 15.9 Å². The maximum Gasteiger partial charge on any atom is 0.127 e. The second-order valence-corrected chi connectivity index (χ2v) is 5.97. The highest BCUT2D eigenvalue weighted by atomic mass is 79.9. The molecule has 1 aromatic carbocycles. The smallest absolute Gasteiger partial charge is 0.127 e. The van der Waals surface area contributed by atoms with E-state index in [1.165, 1.54) is 6.07 Å². The van der Waals surface area contributed by atoms with Crippen LogP contribution in [0.3, 0.4) is 0 Å². The van der Waals surface area contributed by atoms with Crippen molar-refractivity contribution in [2.45, 2.75) is 32.6 Å². The fourth-order valence-electron chi connectivity index (χ4n) is 2.28. The normalized spacial score (nSPS) is 16.9. The van der Waals surface area contributed by atoms with Crippen LogP contribution in [0.25, 0.3) is 0 Å². The maximum atomic E-state index is 13.3. The lowest BCUT2D eigenvalue weighted by atomic mass is 9.92. The monoisotopic (exact) mass is 298 g/mol. The van der Waals surface area contributed by atoms with E-state index in [0.717, 1.165) is 29.3 Å². The van der Waals surface area contributed by atoms with Crippen molar-refractivity contribution in [2.24, 2.45) is 5.41 Å². The van der Waals surface area contributed by atoms with Gasteiger partial charge in [0.15, 0.2) is 0 Å². The molecule has 0 saturated heterocycles. The molecule has 0 bridgehead atoms. The number of rotatable bonds is 4. The van der Waals surface area contributed by atoms with E-state index in [1.54, 1.807) is 6.92 Å². The van der Waals surface area contributed by atoms with E-state index in [1.807, 2.05) is 6.07 Å². The molecule has 1 aliphatic carbocycles. The number of allylic oxidation sites excluding steroid dienone is 1. The van der Waals surface area contributed by atoms with Gasteiger partial charge < -0.3 is 5.11 Å². The zero-order valence-corrected chi connectivity index (χ0v) is 11.5. The Hall–Kier alpha value is -0.830. The van der Waals surface area contributed by atoms with Crippen LogP contribution in [-0.2, 0) is 6.42 Å². The molecule has 92 valence electrons. The second-order valence-electron chi connectivity index (χ2n) is 5.11. The molecule has 3 heteroatoms. The molecule has 1 fully saturated rings. The highest BCUT2D eigenvalue weighted by Gasteiger charge is 2.43. The lowest BCUT2D eigenvalue weighted by Gasteiger charge is -2.16. The average molecular weight is 299 g/mol. The van der Waals surface area contributed by atoms with Gasteiger partial charge in [-0.1, -0.05) is 28.6 Å². The number of hydrogen-bond acceptors (Lipinski definition) is 1. The zero-order chi connectivity index (χ0) is 12.6. The first-order valence-corrected chi connectivity index (χ1v) is 6.52. The summed E-state index contributed by atoms with van der Waals surface area (Å²) in [5.74, 6) is 0.0643. The van der Waals surface area contributed by atoms with Gasteiger partial charge in [-0.3, -0.25) is 0 Å². The van der Waals surface area contributed by atoms with Crippen molar-refractivity contribution in [3.8, 4) is 0 Å². The Balaban J connectivity index is 2.19. The number of halogens is 2. The second kappa shape index (κ2) is 4.45. The van der Waals surface area contributed by atoms with Crippen LogP contribution >= 0.6 is 15.9 Å². The Labute approximate surface area is 109 Å². The van der Waals surface area contributed by atoms with Crippen LogP contribution in [0.2, 0.25) is 0 Å². The fourth-order valence-corrected chi connectivity index (χ4v) is 2.74.